The molecular weight excluding hydrogens is 1050 g/mol. The molecule has 5 atom stereocenters. The number of hydrogen-bond donors (Lipinski definition) is 2. The van der Waals surface area contributed by atoms with E-state index in [1.165, 1.54) is 11.1 Å². The van der Waals surface area contributed by atoms with E-state index in [0.29, 0.717) is 53.4 Å². The zero-order chi connectivity index (χ0) is 52.6. The minimum absolute atomic E-state index is 0. The third-order valence-corrected chi connectivity index (χ3v) is 13.9. The maximum atomic E-state index is 13.5. The molecule has 404 valence electrons. The molecular formula is C63H64N6Ni2O6-2. The van der Waals surface area contributed by atoms with E-state index >= 15 is 0 Å². The van der Waals surface area contributed by atoms with Crippen molar-refractivity contribution in [2.75, 3.05) is 13.1 Å². The van der Waals surface area contributed by atoms with Gasteiger partial charge in [0.05, 0.1) is 35.3 Å². The number of benzene rings is 6. The van der Waals surface area contributed by atoms with E-state index in [1.54, 1.807) is 18.2 Å². The Kier molecular flexibility index (Phi) is 22.2. The number of aliphatic imine (C=N–C) groups is 2. The molecule has 2 N–H and O–H groups in total. The summed E-state index contributed by atoms with van der Waals surface area (Å²) in [6.07, 6.45) is 10.4. The maximum Gasteiger partial charge on any atom is 0.332 e. The van der Waals surface area contributed by atoms with Gasteiger partial charge in [-0.3, -0.25) is 19.8 Å². The van der Waals surface area contributed by atoms with Gasteiger partial charge < -0.3 is 30.4 Å². The first-order chi connectivity index (χ1) is 36.6. The standard InChI is InChI=1S/C32H35N3O3.C31H31N3O3.2Ni/c1-2-3-6-20-28(32(37)38)33-30(25-16-9-5-10-17-25)26-18-11-12-19-27(26)34-31(36)29-21-13-22-35(29)23-24-14-7-4-8-15-24;1-2-24-20-31(24,30(36)37)33-28(23-14-7-4-8-15-23)25-16-9-10-17-26(25)32-29(35)27-18-11-19-34(27)21-22-12-5-3-6-13-22;;/h3-12,14-19,28-29H,2,13,20-23H2,1H3,(H2,33,34,36,37,38);2-10,12-17,24,27H,1,11,18-21H2,(H2,32,33,35,36,37);;/p-2/b6-3+;;;/t28-,29?;24-,27?,31?;;/m11../s1. The Balaban J connectivity index is 0.000000243. The van der Waals surface area contributed by atoms with Gasteiger partial charge in [-0.2, -0.15) is 0 Å². The molecule has 2 amide bonds. The van der Waals surface area contributed by atoms with Gasteiger partial charge in [0.1, 0.15) is 0 Å². The molecule has 0 aromatic heterocycles. The van der Waals surface area contributed by atoms with Crippen LogP contribution in [0.3, 0.4) is 0 Å². The number of allylic oxidation sites excluding steroid dienone is 1. The number of carbonyl (C=O) groups is 4. The van der Waals surface area contributed by atoms with Gasteiger partial charge in [0.15, 0.2) is 11.6 Å². The van der Waals surface area contributed by atoms with Crippen molar-refractivity contribution in [1.29, 1.82) is 0 Å². The van der Waals surface area contributed by atoms with Gasteiger partial charge in [-0.25, -0.2) is 9.59 Å². The van der Waals surface area contributed by atoms with Crippen LogP contribution in [0.15, 0.2) is 205 Å². The molecule has 77 heavy (non-hydrogen) atoms. The Morgan fingerprint density at radius 3 is 1.48 bits per heavy atom. The molecule has 3 aliphatic rings. The van der Waals surface area contributed by atoms with Crippen molar-refractivity contribution in [2.45, 2.75) is 88.6 Å². The van der Waals surface area contributed by atoms with Gasteiger partial charge in [0.25, 0.3) is 0 Å². The van der Waals surface area contributed by atoms with Crippen LogP contribution < -0.4 is 0 Å². The van der Waals surface area contributed by atoms with Crippen molar-refractivity contribution >= 4 is 46.6 Å². The fourth-order valence-electron chi connectivity index (χ4n) is 9.86. The van der Waals surface area contributed by atoms with Gasteiger partial charge in [-0.15, -0.1) is 18.0 Å². The molecule has 3 unspecified atom stereocenters. The number of carboxylic acids is 2. The molecule has 2 aliphatic heterocycles. The van der Waals surface area contributed by atoms with Crippen molar-refractivity contribution in [2.24, 2.45) is 15.9 Å². The first-order valence-electron chi connectivity index (χ1n) is 25.9. The quantitative estimate of drug-likeness (QED) is 0.0433. The summed E-state index contributed by atoms with van der Waals surface area (Å²) in [5, 5.41) is 29.1. The summed E-state index contributed by atoms with van der Waals surface area (Å²) in [4.78, 5) is 65.2. The zero-order valence-electron chi connectivity index (χ0n) is 43.0. The van der Waals surface area contributed by atoms with Gasteiger partial charge in [-0.05, 0) is 80.3 Å². The van der Waals surface area contributed by atoms with Crippen LogP contribution in [0, 0.1) is 5.92 Å². The molecule has 0 radical (unpaired) electrons. The van der Waals surface area contributed by atoms with Gasteiger partial charge >= 0.3 is 11.9 Å². The molecule has 6 aromatic carbocycles. The molecule has 14 heteroatoms. The number of hydrogen-bond acceptors (Lipinski definition) is 8. The van der Waals surface area contributed by atoms with Crippen LogP contribution >= 0.6 is 0 Å². The monoisotopic (exact) mass is 1120 g/mol. The number of carbonyl (C=O) groups excluding carboxylic acids is 2. The predicted molar refractivity (Wildman–Crippen MR) is 297 cm³/mol. The average molecular weight is 1120 g/mol. The topological polar surface area (TPSA) is 168 Å². The molecule has 2 saturated heterocycles. The summed E-state index contributed by atoms with van der Waals surface area (Å²) in [6, 6.07) is 52.5. The number of para-hydroxylation sites is 2. The smallest absolute Gasteiger partial charge is 0.332 e. The van der Waals surface area contributed by atoms with Crippen LogP contribution in [0.1, 0.15) is 85.3 Å². The number of nitrogens with zero attached hydrogens (tertiary/aromatic N) is 6. The van der Waals surface area contributed by atoms with Crippen LogP contribution in [0.4, 0.5) is 11.4 Å². The average Bonchev–Trinajstić information content (AvgIpc) is 3.90. The van der Waals surface area contributed by atoms with Crippen LogP contribution in [-0.2, 0) is 65.3 Å². The SMILES string of the molecule is C=C[C@@H]1CC1(N=C(c1ccccc1)c1ccccc1[N-]C(=O)C1CCCN1Cc1ccccc1)C(=O)O.CC/C=C/C[C@@H](N=C(c1ccccc1)c1ccccc1[N-]C(=O)C1CCCN1Cc1ccccc1)C(=O)O.[Ni].[Ni]. The van der Waals surface area contributed by atoms with E-state index in [0.717, 1.165) is 56.3 Å². The van der Waals surface area contributed by atoms with Crippen LogP contribution in [0.25, 0.3) is 10.6 Å². The first-order valence-corrected chi connectivity index (χ1v) is 25.9. The van der Waals surface area contributed by atoms with E-state index in [9.17, 15) is 29.4 Å². The van der Waals surface area contributed by atoms with E-state index < -0.39 is 23.5 Å². The number of carboxylic acid groups (broad SMARTS) is 2. The number of likely N-dealkylation sites (tertiary alicyclic amines) is 2. The molecule has 9 rings (SSSR count). The van der Waals surface area contributed by atoms with Crippen molar-refractivity contribution < 1.29 is 62.4 Å². The molecule has 1 aliphatic carbocycles. The summed E-state index contributed by atoms with van der Waals surface area (Å²) >= 11 is 0. The second-order valence-corrected chi connectivity index (χ2v) is 19.1. The summed E-state index contributed by atoms with van der Waals surface area (Å²) in [7, 11) is 0. The second kappa shape index (κ2) is 28.9. The van der Waals surface area contributed by atoms with Crippen molar-refractivity contribution in [3.8, 4) is 0 Å². The fourth-order valence-corrected chi connectivity index (χ4v) is 9.86. The summed E-state index contributed by atoms with van der Waals surface area (Å²) in [6.45, 7) is 8.91. The second-order valence-electron chi connectivity index (χ2n) is 19.1. The largest absolute Gasteiger partial charge is 0.625 e. The Bertz CT molecular complexity index is 3010. The third-order valence-electron chi connectivity index (χ3n) is 13.9. The van der Waals surface area contributed by atoms with Gasteiger partial charge in [0.2, 0.25) is 0 Å². The first kappa shape index (κ1) is 59.2. The van der Waals surface area contributed by atoms with E-state index in [-0.39, 0.29) is 69.2 Å². The van der Waals surface area contributed by atoms with Crippen molar-refractivity contribution in [1.82, 2.24) is 9.80 Å². The zero-order valence-corrected chi connectivity index (χ0v) is 45.0. The predicted octanol–water partition coefficient (Wildman–Crippen LogP) is 12.3. The Labute approximate surface area is 472 Å². The van der Waals surface area contributed by atoms with Crippen molar-refractivity contribution in [3.63, 3.8) is 0 Å². The van der Waals surface area contributed by atoms with Crippen LogP contribution in [-0.4, -0.2) is 91.9 Å². The Morgan fingerprint density at radius 2 is 1.05 bits per heavy atom. The molecule has 2 heterocycles. The maximum absolute atomic E-state index is 13.5. The molecule has 1 saturated carbocycles. The third kappa shape index (κ3) is 15.3. The fraction of sp³-hybridized carbons (Fsp3) is 0.270. The summed E-state index contributed by atoms with van der Waals surface area (Å²) in [5.74, 6) is -2.57. The minimum Gasteiger partial charge on any atom is -0.625 e. The number of rotatable bonds is 20. The van der Waals surface area contributed by atoms with E-state index in [1.807, 2.05) is 153 Å². The summed E-state index contributed by atoms with van der Waals surface area (Å²) < 4.78 is 0. The van der Waals surface area contributed by atoms with Gasteiger partial charge in [0, 0.05) is 63.1 Å². The van der Waals surface area contributed by atoms with Gasteiger partial charge in [-0.1, -0.05) is 195 Å². The minimum atomic E-state index is -1.25. The number of aliphatic carboxylic acids is 2. The van der Waals surface area contributed by atoms with Crippen molar-refractivity contribution in [3.05, 3.63) is 239 Å². The molecule has 0 bridgehead atoms. The molecule has 0 spiro atoms. The number of amides is 2. The Hall–Kier alpha value is -7.07. The van der Waals surface area contributed by atoms with Crippen LogP contribution in [0.5, 0.6) is 0 Å². The van der Waals surface area contributed by atoms with E-state index in [2.05, 4.69) is 51.3 Å². The molecule has 6 aromatic rings. The molecule has 12 nitrogen and oxygen atoms in total. The normalized spacial score (nSPS) is 19.6. The van der Waals surface area contributed by atoms with Crippen LogP contribution in [0.2, 0.25) is 0 Å². The summed E-state index contributed by atoms with van der Waals surface area (Å²) in [5.41, 5.74) is 5.97. The Morgan fingerprint density at radius 1 is 0.623 bits per heavy atom. The molecule has 3 fully saturated rings. The van der Waals surface area contributed by atoms with E-state index in [4.69, 9.17) is 9.98 Å².